The third kappa shape index (κ3) is 6.30. The van der Waals surface area contributed by atoms with Crippen LogP contribution in [0.5, 0.6) is 5.75 Å². The van der Waals surface area contributed by atoms with Crippen molar-refractivity contribution in [1.82, 2.24) is 14.1 Å². The normalized spacial score (nSPS) is 15.5. The van der Waals surface area contributed by atoms with Crippen LogP contribution in [0.3, 0.4) is 0 Å². The molecule has 0 aromatic heterocycles. The first-order valence-electron chi connectivity index (χ1n) is 14.1. The predicted octanol–water partition coefficient (Wildman–Crippen LogP) is 3.39. The van der Waals surface area contributed by atoms with Crippen molar-refractivity contribution in [3.8, 4) is 5.75 Å². The van der Waals surface area contributed by atoms with Gasteiger partial charge in [-0.3, -0.25) is 19.3 Å². The van der Waals surface area contributed by atoms with Gasteiger partial charge in [0.05, 0.1) is 4.90 Å². The quantitative estimate of drug-likeness (QED) is 0.279. The van der Waals surface area contributed by atoms with E-state index in [1.165, 1.54) is 35.1 Å². The average molecular weight is 590 g/mol. The van der Waals surface area contributed by atoms with Crippen LogP contribution in [0.4, 0.5) is 0 Å². The summed E-state index contributed by atoms with van der Waals surface area (Å²) in [6, 6.07) is 18.6. The van der Waals surface area contributed by atoms with E-state index in [4.69, 9.17) is 4.74 Å². The zero-order valence-corrected chi connectivity index (χ0v) is 24.7. The van der Waals surface area contributed by atoms with Crippen LogP contribution < -0.4 is 4.74 Å². The van der Waals surface area contributed by atoms with Crippen LogP contribution in [0, 0.1) is 6.92 Å². The number of ether oxygens (including phenoxy) is 1. The predicted molar refractivity (Wildman–Crippen MR) is 158 cm³/mol. The molecule has 0 unspecified atom stereocenters. The van der Waals surface area contributed by atoms with Crippen molar-refractivity contribution in [3.63, 3.8) is 0 Å². The molecule has 1 fully saturated rings. The number of benzene rings is 3. The smallest absolute Gasteiger partial charge is 0.242 e. The van der Waals surface area contributed by atoms with E-state index in [2.05, 4.69) is 4.90 Å². The standard InChI is InChI=1S/C32H35N3O6S/c1-23-9-11-24(12-10-23)41-21-20-34-16-18-35(19-17-34)30(36)8-5-15-33(2)42(39,40)25-13-14-28-29(22-25)32(38)27-7-4-3-6-26(27)31(28)37/h3-4,6-7,9-14,22H,5,8,15-21H2,1-2H3. The Morgan fingerprint density at radius 1 is 0.857 bits per heavy atom. The monoisotopic (exact) mass is 589 g/mol. The molecule has 1 amide bonds. The van der Waals surface area contributed by atoms with Crippen LogP contribution in [0.15, 0.2) is 71.6 Å². The minimum atomic E-state index is -3.93. The van der Waals surface area contributed by atoms with Gasteiger partial charge in [0.1, 0.15) is 12.4 Å². The zero-order chi connectivity index (χ0) is 29.9. The Labute approximate surface area is 246 Å². The molecule has 1 aliphatic heterocycles. The Morgan fingerprint density at radius 3 is 2.14 bits per heavy atom. The first kappa shape index (κ1) is 29.6. The van der Waals surface area contributed by atoms with Gasteiger partial charge in [-0.2, -0.15) is 0 Å². The Bertz CT molecular complexity index is 1590. The lowest BCUT2D eigenvalue weighted by Gasteiger charge is -2.34. The lowest BCUT2D eigenvalue weighted by atomic mass is 9.84. The molecule has 0 radical (unpaired) electrons. The van der Waals surface area contributed by atoms with Crippen LogP contribution in [0.25, 0.3) is 0 Å². The fraction of sp³-hybridized carbons (Fsp3) is 0.344. The number of hydrogen-bond donors (Lipinski definition) is 0. The SMILES string of the molecule is Cc1ccc(OCCN2CCN(C(=O)CCCN(C)S(=O)(=O)c3ccc4c(c3)C(=O)c3ccccc3C4=O)CC2)cc1. The van der Waals surface area contributed by atoms with Gasteiger partial charge in [-0.15, -0.1) is 0 Å². The summed E-state index contributed by atoms with van der Waals surface area (Å²) in [5.41, 5.74) is 2.07. The number of aryl methyl sites for hydroxylation is 1. The molecule has 220 valence electrons. The number of sulfonamides is 1. The molecular weight excluding hydrogens is 554 g/mol. The van der Waals surface area contributed by atoms with Gasteiger partial charge < -0.3 is 9.64 Å². The molecule has 0 spiro atoms. The highest BCUT2D eigenvalue weighted by Gasteiger charge is 2.32. The van der Waals surface area contributed by atoms with Crippen LogP contribution in [-0.2, 0) is 14.8 Å². The molecule has 0 bridgehead atoms. The van der Waals surface area contributed by atoms with E-state index in [1.54, 1.807) is 24.3 Å². The Balaban J connectivity index is 1.09. The number of amides is 1. The summed E-state index contributed by atoms with van der Waals surface area (Å²) >= 11 is 0. The number of carbonyl (C=O) groups excluding carboxylic acids is 3. The fourth-order valence-electron chi connectivity index (χ4n) is 5.30. The highest BCUT2D eigenvalue weighted by Crippen LogP contribution is 2.29. The molecule has 0 N–H and O–H groups in total. The summed E-state index contributed by atoms with van der Waals surface area (Å²) in [6.45, 7) is 6.34. The first-order valence-corrected chi connectivity index (χ1v) is 15.6. The van der Waals surface area contributed by atoms with Crippen molar-refractivity contribution >= 4 is 27.5 Å². The molecule has 3 aromatic carbocycles. The Hall–Kier alpha value is -3.86. The maximum absolute atomic E-state index is 13.3. The van der Waals surface area contributed by atoms with Crippen molar-refractivity contribution in [3.05, 3.63) is 94.5 Å². The van der Waals surface area contributed by atoms with Crippen LogP contribution in [-0.4, -0.2) is 92.9 Å². The topological polar surface area (TPSA) is 104 Å². The summed E-state index contributed by atoms with van der Waals surface area (Å²) < 4.78 is 33.6. The molecule has 0 saturated carbocycles. The van der Waals surface area contributed by atoms with Crippen molar-refractivity contribution < 1.29 is 27.5 Å². The number of ketones is 2. The van der Waals surface area contributed by atoms with Crippen LogP contribution >= 0.6 is 0 Å². The Kier molecular flexibility index (Phi) is 8.86. The first-order chi connectivity index (χ1) is 20.1. The van der Waals surface area contributed by atoms with Crippen molar-refractivity contribution in [2.75, 3.05) is 52.9 Å². The number of carbonyl (C=O) groups is 3. The third-order valence-corrected chi connectivity index (χ3v) is 9.74. The summed E-state index contributed by atoms with van der Waals surface area (Å²) in [4.78, 5) is 42.7. The van der Waals surface area contributed by atoms with Crippen molar-refractivity contribution in [2.24, 2.45) is 0 Å². The van der Waals surface area contributed by atoms with Crippen molar-refractivity contribution in [1.29, 1.82) is 0 Å². The molecule has 1 saturated heterocycles. The van der Waals surface area contributed by atoms with Crippen molar-refractivity contribution in [2.45, 2.75) is 24.7 Å². The van der Waals surface area contributed by atoms with Gasteiger partial charge in [0.15, 0.2) is 11.6 Å². The molecule has 42 heavy (non-hydrogen) atoms. The molecular formula is C32H35N3O6S. The van der Waals surface area contributed by atoms with Gasteiger partial charge >= 0.3 is 0 Å². The highest BCUT2D eigenvalue weighted by molar-refractivity contribution is 7.89. The molecule has 1 heterocycles. The van der Waals surface area contributed by atoms with Crippen LogP contribution in [0.2, 0.25) is 0 Å². The van der Waals surface area contributed by atoms with Gasteiger partial charge in [-0.25, -0.2) is 12.7 Å². The zero-order valence-electron chi connectivity index (χ0n) is 23.9. The van der Waals surface area contributed by atoms with E-state index < -0.39 is 10.0 Å². The van der Waals surface area contributed by atoms with E-state index in [0.717, 1.165) is 25.4 Å². The van der Waals surface area contributed by atoms with E-state index in [0.29, 0.717) is 31.7 Å². The molecule has 5 rings (SSSR count). The highest BCUT2D eigenvalue weighted by atomic mass is 32.2. The second-order valence-corrected chi connectivity index (χ2v) is 12.8. The van der Waals surface area contributed by atoms with Crippen LogP contribution in [0.1, 0.15) is 50.2 Å². The van der Waals surface area contributed by atoms with E-state index in [-0.39, 0.29) is 52.0 Å². The largest absolute Gasteiger partial charge is 0.492 e. The van der Waals surface area contributed by atoms with E-state index in [1.807, 2.05) is 36.1 Å². The van der Waals surface area contributed by atoms with E-state index >= 15 is 0 Å². The molecule has 10 heteroatoms. The lowest BCUT2D eigenvalue weighted by Crippen LogP contribution is -2.49. The minimum Gasteiger partial charge on any atom is -0.492 e. The van der Waals surface area contributed by atoms with Gasteiger partial charge in [0, 0.05) is 75.0 Å². The third-order valence-electron chi connectivity index (χ3n) is 7.89. The molecule has 1 aliphatic carbocycles. The Morgan fingerprint density at radius 2 is 1.48 bits per heavy atom. The number of rotatable bonds is 10. The molecule has 0 atom stereocenters. The number of hydrogen-bond acceptors (Lipinski definition) is 7. The second-order valence-electron chi connectivity index (χ2n) is 10.7. The minimum absolute atomic E-state index is 0.00732. The average Bonchev–Trinajstić information content (AvgIpc) is 3.00. The number of fused-ring (bicyclic) bond motifs is 2. The summed E-state index contributed by atoms with van der Waals surface area (Å²) in [5.74, 6) is 0.187. The summed E-state index contributed by atoms with van der Waals surface area (Å²) in [6.07, 6.45) is 0.610. The molecule has 2 aliphatic rings. The summed E-state index contributed by atoms with van der Waals surface area (Å²) in [5, 5.41) is 0. The molecule has 9 nitrogen and oxygen atoms in total. The number of piperazine rings is 1. The van der Waals surface area contributed by atoms with E-state index in [9.17, 15) is 22.8 Å². The number of nitrogens with zero attached hydrogens (tertiary/aromatic N) is 3. The molecule has 3 aromatic rings. The maximum atomic E-state index is 13.3. The summed E-state index contributed by atoms with van der Waals surface area (Å²) in [7, 11) is -2.47. The lowest BCUT2D eigenvalue weighted by molar-refractivity contribution is -0.133. The second kappa shape index (κ2) is 12.6. The van der Waals surface area contributed by atoms with Gasteiger partial charge in [-0.1, -0.05) is 42.0 Å². The van der Waals surface area contributed by atoms with Gasteiger partial charge in [0.25, 0.3) is 0 Å². The van der Waals surface area contributed by atoms with Gasteiger partial charge in [-0.05, 0) is 43.7 Å². The fourth-order valence-corrected chi connectivity index (χ4v) is 6.53. The maximum Gasteiger partial charge on any atom is 0.242 e. The van der Waals surface area contributed by atoms with Gasteiger partial charge in [0.2, 0.25) is 15.9 Å².